The van der Waals surface area contributed by atoms with Crippen LogP contribution in [-0.2, 0) is 19.7 Å². The van der Waals surface area contributed by atoms with Crippen LogP contribution in [0, 0.1) is 0 Å². The van der Waals surface area contributed by atoms with Crippen molar-refractivity contribution >= 4 is 34.8 Å². The fraction of sp³-hybridized carbons (Fsp3) is 0.500. The van der Waals surface area contributed by atoms with Crippen molar-refractivity contribution in [2.45, 2.75) is 82.0 Å². The summed E-state index contributed by atoms with van der Waals surface area (Å²) in [5.41, 5.74) is -0.777. The van der Waals surface area contributed by atoms with Gasteiger partial charge in [-0.3, -0.25) is 9.59 Å². The third-order valence-corrected chi connectivity index (χ3v) is 7.96. The Kier molecular flexibility index (Phi) is 7.53. The molecule has 1 saturated carbocycles. The van der Waals surface area contributed by atoms with Gasteiger partial charge in [0.25, 0.3) is 0 Å². The molecule has 1 saturated heterocycles. The highest BCUT2D eigenvalue weighted by molar-refractivity contribution is 6.00. The van der Waals surface area contributed by atoms with Gasteiger partial charge in [-0.15, -0.1) is 0 Å². The van der Waals surface area contributed by atoms with Crippen LogP contribution in [0.3, 0.4) is 0 Å². The van der Waals surface area contributed by atoms with Gasteiger partial charge in [0.15, 0.2) is 0 Å². The highest BCUT2D eigenvalue weighted by atomic mass is 19.3. The first kappa shape index (κ1) is 29.0. The van der Waals surface area contributed by atoms with Crippen molar-refractivity contribution in [1.29, 1.82) is 1.43 Å². The molecule has 43 heavy (non-hydrogen) atoms. The van der Waals surface area contributed by atoms with Gasteiger partial charge in [0.2, 0.25) is 19.2 Å². The molecule has 13 heteroatoms. The van der Waals surface area contributed by atoms with Crippen LogP contribution in [0.15, 0.2) is 42.6 Å². The molecule has 0 bridgehead atoms. The summed E-state index contributed by atoms with van der Waals surface area (Å²) in [7, 11) is 1.51. The molecule has 2 aliphatic rings. The Labute approximate surface area is 248 Å². The number of halogens is 2. The van der Waals surface area contributed by atoms with E-state index in [2.05, 4.69) is 15.4 Å². The number of carbonyl (C=O) groups excluding carboxylic acids is 3. The van der Waals surface area contributed by atoms with Gasteiger partial charge >= 0.3 is 6.09 Å². The zero-order chi connectivity index (χ0) is 31.9. The highest BCUT2D eigenvalue weighted by Gasteiger charge is 2.53. The second-order valence-electron chi connectivity index (χ2n) is 12.1. The Morgan fingerprint density at radius 1 is 1.09 bits per heavy atom. The van der Waals surface area contributed by atoms with E-state index in [1.807, 2.05) is 0 Å². The number of rotatable bonds is 6. The molecule has 2 amide bonds. The van der Waals surface area contributed by atoms with Gasteiger partial charge in [-0.2, -0.15) is 9.78 Å². The third kappa shape index (κ3) is 6.17. The lowest BCUT2D eigenvalue weighted by Crippen LogP contribution is -2.54. The summed E-state index contributed by atoms with van der Waals surface area (Å²) in [6.45, 7) is 5.15. The minimum absolute atomic E-state index is 0.0365. The highest BCUT2D eigenvalue weighted by Crippen LogP contribution is 2.47. The molecule has 230 valence electrons. The zero-order valence-corrected chi connectivity index (χ0v) is 24.4. The molecule has 2 atom stereocenters. The Morgan fingerprint density at radius 2 is 1.79 bits per heavy atom. The van der Waals surface area contributed by atoms with Crippen LogP contribution in [0.2, 0.25) is 0 Å². The molecule has 2 aromatic heterocycles. The second-order valence-corrected chi connectivity index (χ2v) is 12.1. The van der Waals surface area contributed by atoms with Gasteiger partial charge in [0, 0.05) is 25.8 Å². The Balaban J connectivity index is 1.40. The standard InChI is InChI=1S/C30H35F2N5O6/c1-28(2,3)43-27(41)37-22-9-10-24(34-21(22)16-33-37)35-25(39)23-15-19(38)17-36(23)26(40)29(11-13-30(31,32)14-12-29)18-5-7-20(42-4)8-6-18/h5-10,16,19,23,38H,11-15,17H2,1-4H3,(H,34,35,39)/t19-,23-/m0/s1/i38D. The fourth-order valence-electron chi connectivity index (χ4n) is 5.77. The number of methoxy groups -OCH3 is 1. The van der Waals surface area contributed by atoms with Crippen LogP contribution in [0.4, 0.5) is 19.4 Å². The minimum atomic E-state index is -2.90. The number of nitrogens with zero attached hydrogens (tertiary/aromatic N) is 4. The van der Waals surface area contributed by atoms with Crippen molar-refractivity contribution in [2.75, 3.05) is 19.0 Å². The lowest BCUT2D eigenvalue weighted by Gasteiger charge is -2.42. The number of pyridine rings is 1. The normalized spacial score (nSPS) is 21.7. The third-order valence-electron chi connectivity index (χ3n) is 7.96. The molecule has 11 nitrogen and oxygen atoms in total. The smallest absolute Gasteiger partial charge is 0.435 e. The van der Waals surface area contributed by atoms with Crippen molar-refractivity contribution in [2.24, 2.45) is 0 Å². The number of anilines is 1. The summed E-state index contributed by atoms with van der Waals surface area (Å²) in [6, 6.07) is 8.74. The van der Waals surface area contributed by atoms with Crippen LogP contribution < -0.4 is 10.1 Å². The van der Waals surface area contributed by atoms with E-state index in [0.717, 1.165) is 4.68 Å². The number of hydrogen-bond acceptors (Lipinski definition) is 8. The average Bonchev–Trinajstić information content (AvgIpc) is 3.61. The topological polar surface area (TPSA) is 136 Å². The quantitative estimate of drug-likeness (QED) is 0.428. The van der Waals surface area contributed by atoms with Crippen LogP contribution in [-0.4, -0.2) is 81.4 Å². The van der Waals surface area contributed by atoms with E-state index in [0.29, 0.717) is 22.3 Å². The Hall–Kier alpha value is -4.13. The van der Waals surface area contributed by atoms with Crippen LogP contribution in [0.1, 0.15) is 58.4 Å². The molecule has 0 unspecified atom stereocenters. The molecule has 1 aromatic carbocycles. The molecule has 2 N–H and O–H groups in total. The molecule has 0 radical (unpaired) electrons. The van der Waals surface area contributed by atoms with E-state index < -0.39 is 59.8 Å². The number of amides is 2. The van der Waals surface area contributed by atoms with Crippen LogP contribution in [0.5, 0.6) is 5.75 Å². The van der Waals surface area contributed by atoms with Crippen molar-refractivity contribution in [1.82, 2.24) is 19.7 Å². The first-order valence-electron chi connectivity index (χ1n) is 14.5. The molecule has 0 spiro atoms. The fourth-order valence-corrected chi connectivity index (χ4v) is 5.77. The average molecular weight is 601 g/mol. The number of likely N-dealkylation sites (tertiary alicyclic amines) is 1. The SMILES string of the molecule is [2H]O[C@H]1C[C@@H](C(=O)Nc2ccc3c(cnn3C(=O)OC(C)(C)C)n2)N(C(=O)C2(c3ccc(OC)cc3)CCC(F)(F)CC2)C1. The number of carbonyl (C=O) groups is 3. The number of aliphatic hydroxyl groups is 1. The molecule has 1 aliphatic carbocycles. The van der Waals surface area contributed by atoms with Crippen molar-refractivity contribution in [3.8, 4) is 5.75 Å². The number of hydrogen-bond donors (Lipinski definition) is 2. The number of aromatic nitrogens is 3. The number of benzene rings is 1. The molecular weight excluding hydrogens is 564 g/mol. The van der Waals surface area contributed by atoms with E-state index in [-0.39, 0.29) is 31.6 Å². The van der Waals surface area contributed by atoms with Crippen molar-refractivity contribution in [3.05, 3.63) is 48.2 Å². The maximum absolute atomic E-state index is 14.3. The van der Waals surface area contributed by atoms with Gasteiger partial charge in [-0.05, 0) is 63.4 Å². The summed E-state index contributed by atoms with van der Waals surface area (Å²) in [6.07, 6.45) is -1.21. The number of nitrogens with one attached hydrogen (secondary N) is 1. The van der Waals surface area contributed by atoms with E-state index >= 15 is 0 Å². The van der Waals surface area contributed by atoms with Gasteiger partial charge < -0.3 is 24.8 Å². The van der Waals surface area contributed by atoms with Gasteiger partial charge in [-0.1, -0.05) is 12.1 Å². The molecular formula is C30H35F2N5O6. The summed E-state index contributed by atoms with van der Waals surface area (Å²) in [4.78, 5) is 46.2. The van der Waals surface area contributed by atoms with Crippen LogP contribution in [0.25, 0.3) is 11.0 Å². The van der Waals surface area contributed by atoms with E-state index in [1.165, 1.54) is 24.3 Å². The maximum Gasteiger partial charge on any atom is 0.435 e. The second kappa shape index (κ2) is 11.2. The van der Waals surface area contributed by atoms with Gasteiger partial charge in [0.05, 0.1) is 30.3 Å². The van der Waals surface area contributed by atoms with Crippen molar-refractivity contribution < 1.29 is 37.7 Å². The summed E-state index contributed by atoms with van der Waals surface area (Å²) in [5, 5.41) is 11.6. The van der Waals surface area contributed by atoms with E-state index in [4.69, 9.17) is 16.0 Å². The minimum Gasteiger partial charge on any atom is -0.497 e. The number of β-amino-alcohol motifs (C(OH)–C–C–N with tert-alkyl or cyclic N) is 1. The predicted molar refractivity (Wildman–Crippen MR) is 152 cm³/mol. The summed E-state index contributed by atoms with van der Waals surface area (Å²) < 4.78 is 47.8. The molecule has 3 aromatic rings. The zero-order valence-electron chi connectivity index (χ0n) is 25.4. The lowest BCUT2D eigenvalue weighted by molar-refractivity contribution is -0.146. The van der Waals surface area contributed by atoms with E-state index in [1.54, 1.807) is 51.1 Å². The lowest BCUT2D eigenvalue weighted by atomic mass is 9.67. The predicted octanol–water partition coefficient (Wildman–Crippen LogP) is 4.27. The largest absolute Gasteiger partial charge is 0.497 e. The van der Waals surface area contributed by atoms with Crippen LogP contribution >= 0.6 is 0 Å². The van der Waals surface area contributed by atoms with Gasteiger partial charge in [-0.25, -0.2) is 18.6 Å². The number of fused-ring (bicyclic) bond motifs is 1. The number of aliphatic hydroxyl groups excluding tert-OH is 1. The number of ether oxygens (including phenoxy) is 2. The monoisotopic (exact) mass is 600 g/mol. The Bertz CT molecular complexity index is 1550. The first-order valence-corrected chi connectivity index (χ1v) is 14.1. The summed E-state index contributed by atoms with van der Waals surface area (Å²) >= 11 is 0. The maximum atomic E-state index is 14.3. The summed E-state index contributed by atoms with van der Waals surface area (Å²) in [5.74, 6) is -3.24. The van der Waals surface area contributed by atoms with Gasteiger partial charge in [0.1, 0.15) is 28.7 Å². The molecule has 3 heterocycles. The first-order chi connectivity index (χ1) is 20.7. The Morgan fingerprint density at radius 3 is 2.42 bits per heavy atom. The molecule has 5 rings (SSSR count). The van der Waals surface area contributed by atoms with Crippen molar-refractivity contribution in [3.63, 3.8) is 0 Å². The van der Waals surface area contributed by atoms with E-state index in [9.17, 15) is 23.2 Å². The molecule has 1 aliphatic heterocycles. The number of alkyl halides is 2. The molecule has 2 fully saturated rings.